The molecule has 10 heteroatoms. The van der Waals surface area contributed by atoms with Crippen molar-refractivity contribution in [3.63, 3.8) is 0 Å². The molecule has 4 aromatic rings. The van der Waals surface area contributed by atoms with Crippen LogP contribution < -0.4 is 10.6 Å². The minimum absolute atomic E-state index is 0.0820. The molecule has 0 fully saturated rings. The molecule has 0 unspecified atom stereocenters. The average Bonchev–Trinajstić information content (AvgIpc) is 3.05. The van der Waals surface area contributed by atoms with Crippen LogP contribution in [0.3, 0.4) is 0 Å². The number of alkyl halides is 3. The second kappa shape index (κ2) is 8.48. The van der Waals surface area contributed by atoms with Gasteiger partial charge in [0.2, 0.25) is 5.95 Å². The van der Waals surface area contributed by atoms with Gasteiger partial charge in [-0.2, -0.15) is 13.2 Å². The summed E-state index contributed by atoms with van der Waals surface area (Å²) in [6.07, 6.45) is -4.48. The molecule has 32 heavy (non-hydrogen) atoms. The second-order valence-electron chi connectivity index (χ2n) is 6.98. The summed E-state index contributed by atoms with van der Waals surface area (Å²) in [4.78, 5) is 17.1. The van der Waals surface area contributed by atoms with Crippen LogP contribution >= 0.6 is 27.5 Å². The second-order valence-corrected chi connectivity index (χ2v) is 8.30. The Morgan fingerprint density at radius 1 is 1.06 bits per heavy atom. The van der Waals surface area contributed by atoms with Crippen LogP contribution in [-0.4, -0.2) is 15.5 Å². The van der Waals surface area contributed by atoms with Gasteiger partial charge < -0.3 is 15.2 Å². The zero-order chi connectivity index (χ0) is 23.0. The Labute approximate surface area is 194 Å². The number of imidazole rings is 1. The molecule has 0 saturated carbocycles. The zero-order valence-corrected chi connectivity index (χ0v) is 18.8. The van der Waals surface area contributed by atoms with Crippen LogP contribution in [0.15, 0.2) is 65.1 Å². The van der Waals surface area contributed by atoms with E-state index in [1.54, 1.807) is 41.9 Å². The molecule has 164 valence electrons. The number of carbonyl (C=O) groups is 1. The highest BCUT2D eigenvalue weighted by atomic mass is 79.9. The number of nitrogens with one attached hydrogen (secondary N) is 2. The van der Waals surface area contributed by atoms with E-state index in [0.717, 1.165) is 22.1 Å². The number of anilines is 3. The molecular formula is C22H15BrClF3N4O. The third kappa shape index (κ3) is 4.58. The first kappa shape index (κ1) is 22.2. The van der Waals surface area contributed by atoms with Crippen molar-refractivity contribution in [1.29, 1.82) is 0 Å². The molecular weight excluding hydrogens is 509 g/mol. The maximum Gasteiger partial charge on any atom is 0.416 e. The van der Waals surface area contributed by atoms with Crippen molar-refractivity contribution in [3.05, 3.63) is 81.3 Å². The molecule has 2 N–H and O–H groups in total. The largest absolute Gasteiger partial charge is 0.416 e. The summed E-state index contributed by atoms with van der Waals surface area (Å²) in [6.45, 7) is 0. The molecule has 0 aliphatic rings. The number of amides is 1. The van der Waals surface area contributed by atoms with E-state index in [2.05, 4.69) is 31.5 Å². The summed E-state index contributed by atoms with van der Waals surface area (Å²) in [6, 6.07) is 15.3. The highest BCUT2D eigenvalue weighted by Gasteiger charge is 2.31. The number of aryl methyl sites for hydroxylation is 1. The predicted octanol–water partition coefficient (Wildman–Crippen LogP) is 7.00. The van der Waals surface area contributed by atoms with Crippen LogP contribution in [0.5, 0.6) is 0 Å². The Hall–Kier alpha value is -3.04. The van der Waals surface area contributed by atoms with Crippen molar-refractivity contribution in [2.75, 3.05) is 10.6 Å². The van der Waals surface area contributed by atoms with Gasteiger partial charge in [0, 0.05) is 22.8 Å². The normalized spacial score (nSPS) is 11.6. The molecule has 0 aliphatic carbocycles. The SMILES string of the molecule is Cn1c(Nc2ccc(C(F)(F)F)cc2Cl)nc2cc(C(=O)Nc3ccc(Br)cc3)ccc21. The monoisotopic (exact) mass is 522 g/mol. The van der Waals surface area contributed by atoms with Crippen molar-refractivity contribution >= 4 is 61.8 Å². The van der Waals surface area contributed by atoms with Gasteiger partial charge in [-0.05, 0) is 60.7 Å². The van der Waals surface area contributed by atoms with Crippen LogP contribution in [0.1, 0.15) is 15.9 Å². The molecule has 0 saturated heterocycles. The molecule has 5 nitrogen and oxygen atoms in total. The van der Waals surface area contributed by atoms with E-state index in [1.165, 1.54) is 6.07 Å². The molecule has 0 spiro atoms. The smallest absolute Gasteiger partial charge is 0.324 e. The summed E-state index contributed by atoms with van der Waals surface area (Å²) in [5, 5.41) is 5.68. The van der Waals surface area contributed by atoms with Gasteiger partial charge in [-0.3, -0.25) is 4.79 Å². The fraction of sp³-hybridized carbons (Fsp3) is 0.0909. The highest BCUT2D eigenvalue weighted by Crippen LogP contribution is 2.35. The molecule has 0 radical (unpaired) electrons. The first-order chi connectivity index (χ1) is 15.1. The van der Waals surface area contributed by atoms with Crippen LogP contribution in [0.2, 0.25) is 5.02 Å². The zero-order valence-electron chi connectivity index (χ0n) is 16.5. The predicted molar refractivity (Wildman–Crippen MR) is 123 cm³/mol. The van der Waals surface area contributed by atoms with Crippen LogP contribution in [0.25, 0.3) is 11.0 Å². The lowest BCUT2D eigenvalue weighted by Gasteiger charge is -2.11. The van der Waals surface area contributed by atoms with E-state index in [1.807, 2.05) is 12.1 Å². The van der Waals surface area contributed by atoms with Crippen molar-refractivity contribution in [2.45, 2.75) is 6.18 Å². The van der Waals surface area contributed by atoms with E-state index >= 15 is 0 Å². The maximum atomic E-state index is 12.9. The molecule has 3 aromatic carbocycles. The number of hydrogen-bond donors (Lipinski definition) is 2. The van der Waals surface area contributed by atoms with Gasteiger partial charge in [0.1, 0.15) is 0 Å². The quantitative estimate of drug-likeness (QED) is 0.303. The fourth-order valence-electron chi connectivity index (χ4n) is 3.10. The van der Waals surface area contributed by atoms with Gasteiger partial charge in [0.15, 0.2) is 0 Å². The summed E-state index contributed by atoms with van der Waals surface area (Å²) in [5.41, 5.74) is 1.79. The Balaban J connectivity index is 1.59. The number of benzene rings is 3. The molecule has 0 bridgehead atoms. The molecule has 1 amide bonds. The van der Waals surface area contributed by atoms with Crippen LogP contribution in [0.4, 0.5) is 30.5 Å². The van der Waals surface area contributed by atoms with E-state index in [9.17, 15) is 18.0 Å². The minimum Gasteiger partial charge on any atom is -0.324 e. The van der Waals surface area contributed by atoms with Crippen molar-refractivity contribution in [1.82, 2.24) is 9.55 Å². The van der Waals surface area contributed by atoms with Gasteiger partial charge in [-0.1, -0.05) is 27.5 Å². The van der Waals surface area contributed by atoms with Gasteiger partial charge in [-0.15, -0.1) is 0 Å². The molecule has 1 aromatic heterocycles. The summed E-state index contributed by atoms with van der Waals surface area (Å²) >= 11 is 9.38. The fourth-order valence-corrected chi connectivity index (χ4v) is 3.59. The maximum absolute atomic E-state index is 12.9. The molecule has 4 rings (SSSR count). The van der Waals surface area contributed by atoms with Crippen molar-refractivity contribution in [2.24, 2.45) is 7.05 Å². The summed E-state index contributed by atoms with van der Waals surface area (Å²) in [7, 11) is 1.75. The van der Waals surface area contributed by atoms with Crippen molar-refractivity contribution < 1.29 is 18.0 Å². The third-order valence-electron chi connectivity index (χ3n) is 4.79. The summed E-state index contributed by atoms with van der Waals surface area (Å²) in [5.74, 6) is 0.0762. The number of aromatic nitrogens is 2. The lowest BCUT2D eigenvalue weighted by molar-refractivity contribution is -0.137. The number of nitrogens with zero attached hydrogens (tertiary/aromatic N) is 2. The van der Waals surface area contributed by atoms with Crippen LogP contribution in [0, 0.1) is 0 Å². The Kier molecular flexibility index (Phi) is 5.87. The molecule has 0 atom stereocenters. The average molecular weight is 524 g/mol. The highest BCUT2D eigenvalue weighted by molar-refractivity contribution is 9.10. The number of carbonyl (C=O) groups excluding carboxylic acids is 1. The number of fused-ring (bicyclic) bond motifs is 1. The van der Waals surface area contributed by atoms with E-state index in [-0.39, 0.29) is 16.6 Å². The topological polar surface area (TPSA) is 59.0 Å². The Morgan fingerprint density at radius 2 is 1.78 bits per heavy atom. The summed E-state index contributed by atoms with van der Waals surface area (Å²) < 4.78 is 41.2. The number of halogens is 5. The lowest BCUT2D eigenvalue weighted by Crippen LogP contribution is -2.11. The van der Waals surface area contributed by atoms with Crippen molar-refractivity contribution in [3.8, 4) is 0 Å². The van der Waals surface area contributed by atoms with Gasteiger partial charge in [0.05, 0.1) is 27.3 Å². The Morgan fingerprint density at radius 3 is 2.44 bits per heavy atom. The standard InChI is InChI=1S/C22H15BrClF3N4O/c1-31-19-9-2-12(20(32)28-15-6-4-14(23)5-7-15)10-18(19)30-21(31)29-17-8-3-13(11-16(17)24)22(25,26)27/h2-11H,1H3,(H,28,32)(H,29,30). The van der Waals surface area contributed by atoms with Gasteiger partial charge in [0.25, 0.3) is 5.91 Å². The molecule has 1 heterocycles. The van der Waals surface area contributed by atoms with Gasteiger partial charge >= 0.3 is 6.18 Å². The lowest BCUT2D eigenvalue weighted by atomic mass is 10.2. The van der Waals surface area contributed by atoms with E-state index in [4.69, 9.17) is 11.6 Å². The van der Waals surface area contributed by atoms with E-state index in [0.29, 0.717) is 22.7 Å². The van der Waals surface area contributed by atoms with E-state index < -0.39 is 11.7 Å². The first-order valence-corrected chi connectivity index (χ1v) is 10.5. The first-order valence-electron chi connectivity index (χ1n) is 9.29. The van der Waals surface area contributed by atoms with Crippen LogP contribution in [-0.2, 0) is 13.2 Å². The Bertz CT molecular complexity index is 1320. The number of rotatable bonds is 4. The third-order valence-corrected chi connectivity index (χ3v) is 5.63. The molecule has 0 aliphatic heterocycles. The van der Waals surface area contributed by atoms with Gasteiger partial charge in [-0.25, -0.2) is 4.98 Å². The minimum atomic E-state index is -4.48. The number of hydrogen-bond acceptors (Lipinski definition) is 3.